The molecule has 0 aliphatic carbocycles. The summed E-state index contributed by atoms with van der Waals surface area (Å²) >= 11 is 0. The van der Waals surface area contributed by atoms with E-state index in [2.05, 4.69) is 93.7 Å². The minimum Gasteiger partial charge on any atom is -0.462 e. The number of hydrogen-bond donors (Lipinski definition) is 0. The largest absolute Gasteiger partial charge is 0.462 e. The highest BCUT2D eigenvalue weighted by atomic mass is 16.6. The van der Waals surface area contributed by atoms with Gasteiger partial charge < -0.3 is 14.2 Å². The molecule has 0 radical (unpaired) electrons. The number of carbonyl (C=O) groups excluding carboxylic acids is 3. The summed E-state index contributed by atoms with van der Waals surface area (Å²) in [6, 6.07) is 0. The van der Waals surface area contributed by atoms with E-state index in [4.69, 9.17) is 14.2 Å². The van der Waals surface area contributed by atoms with Gasteiger partial charge >= 0.3 is 17.9 Å². The van der Waals surface area contributed by atoms with Gasteiger partial charge in [-0.3, -0.25) is 14.4 Å². The van der Waals surface area contributed by atoms with Crippen LogP contribution in [-0.4, -0.2) is 37.2 Å². The molecule has 0 aliphatic heterocycles. The SMILES string of the molecule is CC/C=C\C/C=C\C/C=C\C/C=C\CCCCCCC(=O)OC[C@H](COC(=O)CCCCCCCCCCCCCCCCCCCCC)OC(=O)CCCCCCC/C=C\C/C=C\CCCCC. The van der Waals surface area contributed by atoms with Crippen LogP contribution in [0.15, 0.2) is 72.9 Å². The van der Waals surface area contributed by atoms with Crippen LogP contribution in [0.5, 0.6) is 0 Å². The van der Waals surface area contributed by atoms with Crippen molar-refractivity contribution in [1.82, 2.24) is 0 Å². The van der Waals surface area contributed by atoms with Gasteiger partial charge in [-0.2, -0.15) is 0 Å². The molecule has 69 heavy (non-hydrogen) atoms. The van der Waals surface area contributed by atoms with E-state index in [0.717, 1.165) is 122 Å². The first kappa shape index (κ1) is 65.8. The molecule has 0 bridgehead atoms. The Kier molecular flexibility index (Phi) is 54.8. The zero-order chi connectivity index (χ0) is 50.0. The average Bonchev–Trinajstić information content (AvgIpc) is 3.35. The maximum absolute atomic E-state index is 12.9. The third-order valence-electron chi connectivity index (χ3n) is 12.7. The Morgan fingerprint density at radius 1 is 0.304 bits per heavy atom. The van der Waals surface area contributed by atoms with Gasteiger partial charge in [0.15, 0.2) is 6.10 Å². The van der Waals surface area contributed by atoms with Crippen molar-refractivity contribution in [3.8, 4) is 0 Å². The van der Waals surface area contributed by atoms with Crippen LogP contribution in [0, 0.1) is 0 Å². The average molecular weight is 964 g/mol. The molecule has 0 aromatic carbocycles. The van der Waals surface area contributed by atoms with Gasteiger partial charge in [-0.05, 0) is 89.9 Å². The van der Waals surface area contributed by atoms with Gasteiger partial charge in [-0.25, -0.2) is 0 Å². The first-order chi connectivity index (χ1) is 34.0. The molecule has 6 heteroatoms. The highest BCUT2D eigenvalue weighted by Gasteiger charge is 2.19. The van der Waals surface area contributed by atoms with Gasteiger partial charge in [0.2, 0.25) is 0 Å². The Balaban J connectivity index is 4.40. The molecule has 0 aliphatic rings. The molecule has 0 fully saturated rings. The monoisotopic (exact) mass is 963 g/mol. The third-order valence-corrected chi connectivity index (χ3v) is 12.7. The molecule has 0 heterocycles. The van der Waals surface area contributed by atoms with Crippen LogP contribution in [0.3, 0.4) is 0 Å². The minimum absolute atomic E-state index is 0.0869. The van der Waals surface area contributed by atoms with Crippen molar-refractivity contribution in [1.29, 1.82) is 0 Å². The molecule has 0 rings (SSSR count). The van der Waals surface area contributed by atoms with Crippen molar-refractivity contribution in [3.05, 3.63) is 72.9 Å². The number of esters is 3. The summed E-state index contributed by atoms with van der Waals surface area (Å²) in [5, 5.41) is 0. The van der Waals surface area contributed by atoms with E-state index >= 15 is 0 Å². The first-order valence-corrected chi connectivity index (χ1v) is 29.4. The number of rotatable bonds is 53. The predicted octanol–water partition coefficient (Wildman–Crippen LogP) is 19.8. The molecule has 0 amide bonds. The molecule has 0 spiro atoms. The van der Waals surface area contributed by atoms with E-state index in [9.17, 15) is 14.4 Å². The summed E-state index contributed by atoms with van der Waals surface area (Å²) in [6.45, 7) is 6.50. The second-order valence-electron chi connectivity index (χ2n) is 19.5. The fourth-order valence-corrected chi connectivity index (χ4v) is 8.29. The van der Waals surface area contributed by atoms with E-state index < -0.39 is 6.10 Å². The van der Waals surface area contributed by atoms with Gasteiger partial charge in [0.05, 0.1) is 0 Å². The Bertz CT molecular complexity index is 1290. The van der Waals surface area contributed by atoms with Crippen LogP contribution in [-0.2, 0) is 28.6 Å². The maximum Gasteiger partial charge on any atom is 0.306 e. The molecular weight excluding hydrogens is 853 g/mol. The molecule has 0 aromatic heterocycles. The number of allylic oxidation sites excluding steroid dienone is 12. The smallest absolute Gasteiger partial charge is 0.306 e. The molecule has 0 N–H and O–H groups in total. The zero-order valence-corrected chi connectivity index (χ0v) is 45.6. The van der Waals surface area contributed by atoms with Crippen molar-refractivity contribution < 1.29 is 28.6 Å². The Hall–Kier alpha value is -3.15. The fraction of sp³-hybridized carbons (Fsp3) is 0.762. The Morgan fingerprint density at radius 2 is 0.565 bits per heavy atom. The lowest BCUT2D eigenvalue weighted by molar-refractivity contribution is -0.167. The van der Waals surface area contributed by atoms with Crippen LogP contribution < -0.4 is 0 Å². The summed E-state index contributed by atoms with van der Waals surface area (Å²) in [5.41, 5.74) is 0. The molecule has 1 atom stereocenters. The Morgan fingerprint density at radius 3 is 0.913 bits per heavy atom. The van der Waals surface area contributed by atoms with Gasteiger partial charge in [0.25, 0.3) is 0 Å². The van der Waals surface area contributed by atoms with Crippen molar-refractivity contribution in [2.75, 3.05) is 13.2 Å². The van der Waals surface area contributed by atoms with Crippen LogP contribution >= 0.6 is 0 Å². The number of hydrogen-bond acceptors (Lipinski definition) is 6. The van der Waals surface area contributed by atoms with Crippen LogP contribution in [0.4, 0.5) is 0 Å². The fourth-order valence-electron chi connectivity index (χ4n) is 8.29. The van der Waals surface area contributed by atoms with E-state index in [1.54, 1.807) is 0 Å². The lowest BCUT2D eigenvalue weighted by Crippen LogP contribution is -2.30. The summed E-state index contributed by atoms with van der Waals surface area (Å²) < 4.78 is 16.9. The molecule has 6 nitrogen and oxygen atoms in total. The topological polar surface area (TPSA) is 78.9 Å². The van der Waals surface area contributed by atoms with Gasteiger partial charge in [0, 0.05) is 19.3 Å². The highest BCUT2D eigenvalue weighted by Crippen LogP contribution is 2.16. The van der Waals surface area contributed by atoms with E-state index in [1.165, 1.54) is 128 Å². The Labute approximate surface area is 427 Å². The van der Waals surface area contributed by atoms with E-state index in [0.29, 0.717) is 19.3 Å². The van der Waals surface area contributed by atoms with Gasteiger partial charge in [-0.15, -0.1) is 0 Å². The summed E-state index contributed by atoms with van der Waals surface area (Å²) in [5.74, 6) is -0.915. The van der Waals surface area contributed by atoms with Crippen molar-refractivity contribution in [2.24, 2.45) is 0 Å². The molecule has 0 unspecified atom stereocenters. The molecule has 0 aromatic rings. The highest BCUT2D eigenvalue weighted by molar-refractivity contribution is 5.71. The lowest BCUT2D eigenvalue weighted by Gasteiger charge is -2.18. The van der Waals surface area contributed by atoms with Crippen LogP contribution in [0.1, 0.15) is 290 Å². The van der Waals surface area contributed by atoms with E-state index in [1.807, 2.05) is 0 Å². The summed E-state index contributed by atoms with van der Waals surface area (Å²) in [6.07, 6.45) is 73.2. The van der Waals surface area contributed by atoms with Crippen molar-refractivity contribution in [3.63, 3.8) is 0 Å². The second-order valence-corrected chi connectivity index (χ2v) is 19.5. The molecule has 398 valence electrons. The number of unbranched alkanes of at least 4 members (excludes halogenated alkanes) is 30. The van der Waals surface area contributed by atoms with Crippen LogP contribution in [0.25, 0.3) is 0 Å². The summed E-state index contributed by atoms with van der Waals surface area (Å²) in [7, 11) is 0. The van der Waals surface area contributed by atoms with E-state index in [-0.39, 0.29) is 31.1 Å². The normalized spacial score (nSPS) is 12.6. The molecule has 0 saturated heterocycles. The van der Waals surface area contributed by atoms with Crippen LogP contribution in [0.2, 0.25) is 0 Å². The first-order valence-electron chi connectivity index (χ1n) is 29.4. The number of ether oxygens (including phenoxy) is 3. The third kappa shape index (κ3) is 55.6. The standard InChI is InChI=1S/C63H110O6/c1-4-7-10-13-16-19-22-25-28-30-31-33-36-38-41-44-47-50-53-56-62(65)68-59-60(69-63(66)57-54-51-48-45-42-39-34-27-24-21-18-15-12-9-6-3)58-67-61(64)55-52-49-46-43-40-37-35-32-29-26-23-20-17-14-11-8-5-2/h8,11,17-18,20-21,26-27,29,34-35,37,60H,4-7,9-10,12-16,19,22-25,28,30-33,36,38-59H2,1-3H3/b11-8-,20-17-,21-18-,29-26-,34-27-,37-35-/t60-/m1/s1. The minimum atomic E-state index is -0.792. The predicted molar refractivity (Wildman–Crippen MR) is 298 cm³/mol. The molecule has 0 saturated carbocycles. The second kappa shape index (κ2) is 57.4. The molecular formula is C63H110O6. The van der Waals surface area contributed by atoms with Crippen molar-refractivity contribution >= 4 is 17.9 Å². The quantitative estimate of drug-likeness (QED) is 0.0262. The zero-order valence-electron chi connectivity index (χ0n) is 45.6. The lowest BCUT2D eigenvalue weighted by atomic mass is 10.0. The number of carbonyl (C=O) groups is 3. The summed E-state index contributed by atoms with van der Waals surface area (Å²) in [4.78, 5) is 38.2. The van der Waals surface area contributed by atoms with Gasteiger partial charge in [0.1, 0.15) is 13.2 Å². The van der Waals surface area contributed by atoms with Crippen molar-refractivity contribution in [2.45, 2.75) is 297 Å². The maximum atomic E-state index is 12.9. The van der Waals surface area contributed by atoms with Gasteiger partial charge in [-0.1, -0.05) is 254 Å².